The van der Waals surface area contributed by atoms with Crippen molar-refractivity contribution in [3.63, 3.8) is 0 Å². The minimum atomic E-state index is 0. The molecule has 0 heterocycles. The monoisotopic (exact) mass is 270 g/mol. The van der Waals surface area contributed by atoms with Gasteiger partial charge in [0.1, 0.15) is 0 Å². The first-order valence-electron chi connectivity index (χ1n) is 1.87. The van der Waals surface area contributed by atoms with Gasteiger partial charge in [0.05, 0.1) is 0 Å². The van der Waals surface area contributed by atoms with Crippen LogP contribution in [0.4, 0.5) is 0 Å². The Balaban J connectivity index is 0. The van der Waals surface area contributed by atoms with Crippen molar-refractivity contribution in [3.05, 3.63) is 6.61 Å². The van der Waals surface area contributed by atoms with Crippen LogP contribution in [-0.4, -0.2) is 5.11 Å². The maximum absolute atomic E-state index is 7.94. The number of unbranched alkanes of at least 4 members (excludes halogenated alkanes) is 1. The fourth-order valence-corrected chi connectivity index (χ4v) is 0.129. The Hall–Kier alpha value is 0.700. The van der Waals surface area contributed by atoms with Crippen molar-refractivity contribution >= 4 is 0 Å². The molecule has 0 saturated heterocycles. The van der Waals surface area contributed by atoms with Crippen molar-refractivity contribution in [1.82, 2.24) is 0 Å². The molecule has 0 aliphatic carbocycles. The van der Waals surface area contributed by atoms with Crippen molar-refractivity contribution in [3.8, 4) is 0 Å². The topological polar surface area (TPSA) is 20.2 Å². The van der Waals surface area contributed by atoms with Crippen molar-refractivity contribution in [2.24, 2.45) is 0 Å². The molecule has 0 spiro atoms. The first-order valence-corrected chi connectivity index (χ1v) is 1.87. The Kier molecular flexibility index (Phi) is 15.1. The van der Waals surface area contributed by atoms with E-state index in [0.29, 0.717) is 0 Å². The van der Waals surface area contributed by atoms with E-state index in [1.807, 2.05) is 6.92 Å². The zero-order chi connectivity index (χ0) is 4.12. The maximum atomic E-state index is 7.94. The van der Waals surface area contributed by atoms with Crippen molar-refractivity contribution < 1.29 is 27.5 Å². The van der Waals surface area contributed by atoms with Gasteiger partial charge in [-0.15, -0.1) is 0 Å². The van der Waals surface area contributed by atoms with Gasteiger partial charge < -0.3 is 5.11 Å². The van der Waals surface area contributed by atoms with Crippen LogP contribution in [-0.2, 0) is 22.4 Å². The summed E-state index contributed by atoms with van der Waals surface area (Å²) in [6.45, 7) is 3.20. The van der Waals surface area contributed by atoms with Gasteiger partial charge in [-0.1, -0.05) is 13.3 Å². The third-order valence-corrected chi connectivity index (χ3v) is 0.418. The molecule has 0 radical (unpaired) electrons. The molecule has 0 aromatic heterocycles. The number of hydrogen-bond donors (Lipinski definition) is 1. The molecule has 0 unspecified atom stereocenters. The summed E-state index contributed by atoms with van der Waals surface area (Å²) in [6.07, 6.45) is 1.86. The van der Waals surface area contributed by atoms with Gasteiger partial charge in [-0.2, -0.15) is 6.42 Å². The first kappa shape index (κ1) is 9.85. The van der Waals surface area contributed by atoms with Crippen molar-refractivity contribution in [1.29, 1.82) is 0 Å². The van der Waals surface area contributed by atoms with Gasteiger partial charge >= 0.3 is 22.4 Å². The summed E-state index contributed by atoms with van der Waals surface area (Å²) in [5.74, 6) is 0. The molecule has 42 valence electrons. The molecule has 1 nitrogen and oxygen atoms in total. The fourth-order valence-electron chi connectivity index (χ4n) is 0.129. The van der Waals surface area contributed by atoms with Crippen LogP contribution < -0.4 is 0 Å². The largest absolute Gasteiger partial charge is 1.00 e. The second-order valence-electron chi connectivity index (χ2n) is 0.971. The minimum absolute atomic E-state index is 0. The molecule has 0 atom stereocenters. The smallest absolute Gasteiger partial charge is 0.566 e. The standard InChI is InChI=1S/C4H9O.Au/c1-2-3-4-5;/h4-5H,2-3H2,1H3;/q-1;+1. The van der Waals surface area contributed by atoms with Gasteiger partial charge in [-0.25, -0.2) is 6.61 Å². The molecule has 0 aliphatic heterocycles. The molecule has 0 rings (SSSR count). The Morgan fingerprint density at radius 3 is 2.17 bits per heavy atom. The van der Waals surface area contributed by atoms with Gasteiger partial charge in [0.2, 0.25) is 0 Å². The van der Waals surface area contributed by atoms with Gasteiger partial charge in [0.25, 0.3) is 0 Å². The minimum Gasteiger partial charge on any atom is -0.566 e. The summed E-state index contributed by atoms with van der Waals surface area (Å²) >= 11 is 0. The van der Waals surface area contributed by atoms with Crippen LogP contribution in [0.2, 0.25) is 0 Å². The van der Waals surface area contributed by atoms with Crippen molar-refractivity contribution in [2.75, 3.05) is 0 Å². The number of hydrogen-bond acceptors (Lipinski definition) is 1. The normalized spacial score (nSPS) is 7.00. The number of aliphatic hydroxyl groups is 1. The Bertz CT molecular complexity index is 15.0. The predicted molar refractivity (Wildman–Crippen MR) is 21.1 cm³/mol. The van der Waals surface area contributed by atoms with Crippen LogP contribution in [0.1, 0.15) is 19.8 Å². The fraction of sp³-hybridized carbons (Fsp3) is 0.750. The molecule has 6 heavy (non-hydrogen) atoms. The quantitative estimate of drug-likeness (QED) is 0.592. The number of aliphatic hydroxyl groups excluding tert-OH is 1. The maximum Gasteiger partial charge on any atom is 1.00 e. The van der Waals surface area contributed by atoms with Crippen molar-refractivity contribution in [2.45, 2.75) is 19.8 Å². The molecule has 0 aliphatic rings. The van der Waals surface area contributed by atoms with Crippen LogP contribution in [0.15, 0.2) is 0 Å². The van der Waals surface area contributed by atoms with Crippen LogP contribution in [0.25, 0.3) is 0 Å². The molecule has 0 bridgehead atoms. The third kappa shape index (κ3) is 8.83. The van der Waals surface area contributed by atoms with E-state index in [-0.39, 0.29) is 22.4 Å². The van der Waals surface area contributed by atoms with E-state index in [0.717, 1.165) is 12.8 Å². The molecule has 0 aromatic rings. The van der Waals surface area contributed by atoms with E-state index in [1.165, 1.54) is 6.61 Å². The third-order valence-electron chi connectivity index (χ3n) is 0.418. The summed E-state index contributed by atoms with van der Waals surface area (Å²) in [7, 11) is 0. The molecule has 2 heteroatoms. The molecule has 0 fully saturated rings. The summed E-state index contributed by atoms with van der Waals surface area (Å²) < 4.78 is 0. The summed E-state index contributed by atoms with van der Waals surface area (Å²) in [6, 6.07) is 0. The predicted octanol–water partition coefficient (Wildman–Crippen LogP) is 1.32. The molecular weight excluding hydrogens is 261 g/mol. The van der Waals surface area contributed by atoms with E-state index < -0.39 is 0 Å². The Labute approximate surface area is 54.3 Å². The van der Waals surface area contributed by atoms with Crippen LogP contribution in [0.3, 0.4) is 0 Å². The second kappa shape index (κ2) is 9.20. The van der Waals surface area contributed by atoms with Gasteiger partial charge in [0, 0.05) is 0 Å². The second-order valence-corrected chi connectivity index (χ2v) is 0.971. The molecule has 1 N–H and O–H groups in total. The average Bonchev–Trinajstić information content (AvgIpc) is 1.41. The van der Waals surface area contributed by atoms with Crippen LogP contribution in [0.5, 0.6) is 0 Å². The van der Waals surface area contributed by atoms with Gasteiger partial charge in [-0.05, 0) is 0 Å². The van der Waals surface area contributed by atoms with E-state index >= 15 is 0 Å². The summed E-state index contributed by atoms with van der Waals surface area (Å²) in [5.41, 5.74) is 0. The van der Waals surface area contributed by atoms with E-state index in [4.69, 9.17) is 5.11 Å². The van der Waals surface area contributed by atoms with Crippen LogP contribution in [0, 0.1) is 6.61 Å². The Morgan fingerprint density at radius 2 is 2.17 bits per heavy atom. The zero-order valence-corrected chi connectivity index (χ0v) is 5.91. The average molecular weight is 270 g/mol. The van der Waals surface area contributed by atoms with Gasteiger partial charge in [-0.3, -0.25) is 0 Å². The van der Waals surface area contributed by atoms with E-state index in [9.17, 15) is 0 Å². The zero-order valence-electron chi connectivity index (χ0n) is 3.74. The molecule has 0 saturated carbocycles. The van der Waals surface area contributed by atoms with E-state index in [1.54, 1.807) is 0 Å². The van der Waals surface area contributed by atoms with Crippen LogP contribution >= 0.6 is 0 Å². The molecule has 0 amide bonds. The van der Waals surface area contributed by atoms with Gasteiger partial charge in [0.15, 0.2) is 0 Å². The Morgan fingerprint density at radius 1 is 1.67 bits per heavy atom. The number of rotatable bonds is 2. The SMILES string of the molecule is CCC[CH-]O.[Au+]. The van der Waals surface area contributed by atoms with E-state index in [2.05, 4.69) is 0 Å². The molecule has 0 aromatic carbocycles. The first-order chi connectivity index (χ1) is 2.41. The summed E-state index contributed by atoms with van der Waals surface area (Å²) in [5, 5.41) is 7.94. The summed E-state index contributed by atoms with van der Waals surface area (Å²) in [4.78, 5) is 0. The molecular formula is C4H9AuO.